The van der Waals surface area contributed by atoms with E-state index in [9.17, 15) is 22.4 Å². The second kappa shape index (κ2) is 9.44. The summed E-state index contributed by atoms with van der Waals surface area (Å²) in [5.74, 6) is -0.214. The summed E-state index contributed by atoms with van der Waals surface area (Å²) in [5.41, 5.74) is -0.369. The number of para-hydroxylation sites is 1. The largest absolute Gasteiger partial charge is 0.496 e. The van der Waals surface area contributed by atoms with Crippen molar-refractivity contribution in [2.45, 2.75) is 12.7 Å². The number of amides is 1. The van der Waals surface area contributed by atoms with Crippen LogP contribution in [0, 0.1) is 5.82 Å². The zero-order valence-corrected chi connectivity index (χ0v) is 16.5. The zero-order valence-electron chi connectivity index (χ0n) is 16.5. The normalized spacial score (nSPS) is 15.8. The Bertz CT molecular complexity index is 881. The van der Waals surface area contributed by atoms with Gasteiger partial charge in [-0.2, -0.15) is 13.2 Å². The van der Waals surface area contributed by atoms with E-state index in [1.54, 1.807) is 6.07 Å². The molecule has 0 aromatic heterocycles. The van der Waals surface area contributed by atoms with Gasteiger partial charge in [0.25, 0.3) is 0 Å². The molecule has 0 saturated carbocycles. The number of hydrogen-bond acceptors (Lipinski definition) is 4. The maximum atomic E-state index is 13.5. The molecule has 30 heavy (non-hydrogen) atoms. The molecule has 0 atom stereocenters. The maximum absolute atomic E-state index is 13.5. The minimum Gasteiger partial charge on any atom is -0.496 e. The van der Waals surface area contributed by atoms with Crippen LogP contribution in [0.4, 0.5) is 23.2 Å². The lowest BCUT2D eigenvalue weighted by atomic mass is 10.1. The number of alkyl halides is 3. The minimum atomic E-state index is -4.53. The summed E-state index contributed by atoms with van der Waals surface area (Å²) in [6, 6.07) is 9.28. The van der Waals surface area contributed by atoms with E-state index in [0.29, 0.717) is 38.5 Å². The molecule has 0 unspecified atom stereocenters. The van der Waals surface area contributed by atoms with Crippen LogP contribution in [0.2, 0.25) is 0 Å². The molecule has 1 aliphatic heterocycles. The first-order chi connectivity index (χ1) is 14.3. The van der Waals surface area contributed by atoms with Crippen molar-refractivity contribution in [1.82, 2.24) is 9.80 Å². The molecule has 162 valence electrons. The molecular weight excluding hydrogens is 402 g/mol. The number of carbonyl (C=O) groups excluding carboxylic acids is 1. The van der Waals surface area contributed by atoms with E-state index in [0.717, 1.165) is 11.6 Å². The highest BCUT2D eigenvalue weighted by Gasteiger charge is 2.33. The number of nitrogens with one attached hydrogen (secondary N) is 1. The van der Waals surface area contributed by atoms with E-state index in [1.807, 2.05) is 4.90 Å². The fraction of sp³-hybridized carbons (Fsp3) is 0.381. The summed E-state index contributed by atoms with van der Waals surface area (Å²) in [6.45, 7) is 2.96. The van der Waals surface area contributed by atoms with Crippen LogP contribution in [0.25, 0.3) is 0 Å². The first kappa shape index (κ1) is 22.0. The Kier molecular flexibility index (Phi) is 6.94. The van der Waals surface area contributed by atoms with Crippen LogP contribution in [0.1, 0.15) is 11.1 Å². The van der Waals surface area contributed by atoms with Gasteiger partial charge in [-0.15, -0.1) is 0 Å². The van der Waals surface area contributed by atoms with E-state index in [-0.39, 0.29) is 18.0 Å². The van der Waals surface area contributed by atoms with Crippen LogP contribution in [0.15, 0.2) is 42.5 Å². The molecule has 2 aromatic rings. The quantitative estimate of drug-likeness (QED) is 0.719. The molecule has 1 amide bonds. The van der Waals surface area contributed by atoms with Crippen molar-refractivity contribution in [1.29, 1.82) is 0 Å². The Morgan fingerprint density at radius 1 is 1.07 bits per heavy atom. The second-order valence-corrected chi connectivity index (χ2v) is 7.10. The number of ether oxygens (including phenoxy) is 1. The van der Waals surface area contributed by atoms with Crippen LogP contribution in [-0.2, 0) is 17.5 Å². The number of rotatable bonds is 6. The van der Waals surface area contributed by atoms with Gasteiger partial charge in [-0.1, -0.05) is 12.1 Å². The molecular formula is C21H23F4N3O2. The molecule has 1 heterocycles. The lowest BCUT2D eigenvalue weighted by Gasteiger charge is -2.34. The standard InChI is InChI=1S/C21H23F4N3O2/c1-30-19-7-6-16(22)12-15(19)13-27-8-10-28(11-9-27)14-20(29)26-18-5-3-2-4-17(18)21(23,24)25/h2-7,12H,8-11,13-14H2,1H3,(H,26,29). The number of hydrogen-bond donors (Lipinski definition) is 1. The number of carbonyl (C=O) groups is 1. The first-order valence-electron chi connectivity index (χ1n) is 9.49. The van der Waals surface area contributed by atoms with Gasteiger partial charge in [-0.3, -0.25) is 14.6 Å². The smallest absolute Gasteiger partial charge is 0.418 e. The number of anilines is 1. The van der Waals surface area contributed by atoms with Crippen LogP contribution in [0.5, 0.6) is 5.75 Å². The Labute approximate surface area is 172 Å². The van der Waals surface area contributed by atoms with Crippen molar-refractivity contribution >= 4 is 11.6 Å². The summed E-state index contributed by atoms with van der Waals surface area (Å²) in [7, 11) is 1.53. The summed E-state index contributed by atoms with van der Waals surface area (Å²) >= 11 is 0. The monoisotopic (exact) mass is 425 g/mol. The van der Waals surface area contributed by atoms with Crippen molar-refractivity contribution in [2.24, 2.45) is 0 Å². The number of halogens is 4. The zero-order chi connectivity index (χ0) is 21.7. The fourth-order valence-electron chi connectivity index (χ4n) is 3.45. The lowest BCUT2D eigenvalue weighted by molar-refractivity contribution is -0.137. The third kappa shape index (κ3) is 5.70. The molecule has 1 N–H and O–H groups in total. The molecule has 0 radical (unpaired) electrons. The Balaban J connectivity index is 1.52. The molecule has 5 nitrogen and oxygen atoms in total. The Morgan fingerprint density at radius 3 is 2.40 bits per heavy atom. The summed E-state index contributed by atoms with van der Waals surface area (Å²) in [4.78, 5) is 16.3. The molecule has 0 aliphatic carbocycles. The third-order valence-electron chi connectivity index (χ3n) is 4.98. The predicted molar refractivity (Wildman–Crippen MR) is 105 cm³/mol. The number of methoxy groups -OCH3 is 1. The van der Waals surface area contributed by atoms with E-state index in [1.165, 1.54) is 37.4 Å². The molecule has 1 fully saturated rings. The molecule has 1 aliphatic rings. The number of nitrogens with zero attached hydrogens (tertiary/aromatic N) is 2. The van der Waals surface area contributed by atoms with E-state index < -0.39 is 17.6 Å². The highest BCUT2D eigenvalue weighted by molar-refractivity contribution is 5.93. The first-order valence-corrected chi connectivity index (χ1v) is 9.49. The van der Waals surface area contributed by atoms with Gasteiger partial charge in [0.15, 0.2) is 0 Å². The fourth-order valence-corrected chi connectivity index (χ4v) is 3.45. The van der Waals surface area contributed by atoms with Gasteiger partial charge >= 0.3 is 6.18 Å². The van der Waals surface area contributed by atoms with Gasteiger partial charge in [-0.05, 0) is 30.3 Å². The topological polar surface area (TPSA) is 44.8 Å². The van der Waals surface area contributed by atoms with Gasteiger partial charge in [0.05, 0.1) is 24.9 Å². The Hall–Kier alpha value is -2.65. The van der Waals surface area contributed by atoms with Crippen LogP contribution in [-0.4, -0.2) is 55.5 Å². The van der Waals surface area contributed by atoms with Crippen molar-refractivity contribution in [2.75, 3.05) is 45.2 Å². The van der Waals surface area contributed by atoms with Gasteiger partial charge < -0.3 is 10.1 Å². The predicted octanol–water partition coefficient (Wildman–Crippen LogP) is 3.61. The highest BCUT2D eigenvalue weighted by atomic mass is 19.4. The molecule has 1 saturated heterocycles. The van der Waals surface area contributed by atoms with Gasteiger partial charge in [-0.25, -0.2) is 4.39 Å². The molecule has 2 aromatic carbocycles. The molecule has 3 rings (SSSR count). The number of benzene rings is 2. The molecule has 9 heteroatoms. The maximum Gasteiger partial charge on any atom is 0.418 e. The number of piperazine rings is 1. The summed E-state index contributed by atoms with van der Waals surface area (Å²) in [6.07, 6.45) is -4.53. The third-order valence-corrected chi connectivity index (χ3v) is 4.98. The van der Waals surface area contributed by atoms with Crippen molar-refractivity contribution in [3.63, 3.8) is 0 Å². The Morgan fingerprint density at radius 2 is 1.73 bits per heavy atom. The SMILES string of the molecule is COc1ccc(F)cc1CN1CCN(CC(=O)Nc2ccccc2C(F)(F)F)CC1. The highest BCUT2D eigenvalue weighted by Crippen LogP contribution is 2.34. The van der Waals surface area contributed by atoms with Crippen molar-refractivity contribution < 1.29 is 27.1 Å². The minimum absolute atomic E-state index is 0.00329. The molecule has 0 spiro atoms. The summed E-state index contributed by atoms with van der Waals surface area (Å²) < 4.78 is 58.0. The van der Waals surface area contributed by atoms with Gasteiger partial charge in [0.1, 0.15) is 11.6 Å². The lowest BCUT2D eigenvalue weighted by Crippen LogP contribution is -2.48. The van der Waals surface area contributed by atoms with E-state index >= 15 is 0 Å². The van der Waals surface area contributed by atoms with Crippen LogP contribution < -0.4 is 10.1 Å². The van der Waals surface area contributed by atoms with Crippen LogP contribution >= 0.6 is 0 Å². The second-order valence-electron chi connectivity index (χ2n) is 7.10. The summed E-state index contributed by atoms with van der Waals surface area (Å²) in [5, 5.41) is 2.36. The van der Waals surface area contributed by atoms with E-state index in [2.05, 4.69) is 10.2 Å². The van der Waals surface area contributed by atoms with E-state index in [4.69, 9.17) is 4.74 Å². The van der Waals surface area contributed by atoms with Gasteiger partial charge in [0, 0.05) is 38.3 Å². The van der Waals surface area contributed by atoms with Gasteiger partial charge in [0.2, 0.25) is 5.91 Å². The molecule has 0 bridgehead atoms. The van der Waals surface area contributed by atoms with Crippen molar-refractivity contribution in [3.8, 4) is 5.75 Å². The van der Waals surface area contributed by atoms with Crippen molar-refractivity contribution in [3.05, 3.63) is 59.4 Å². The average Bonchev–Trinajstić information content (AvgIpc) is 2.69. The van der Waals surface area contributed by atoms with Crippen LogP contribution in [0.3, 0.4) is 0 Å². The average molecular weight is 425 g/mol.